The maximum Gasteiger partial charge on any atom is 0.338 e. The van der Waals surface area contributed by atoms with Crippen LogP contribution in [0.4, 0.5) is 0 Å². The molecule has 1 aliphatic heterocycles. The van der Waals surface area contributed by atoms with Crippen LogP contribution in [-0.2, 0) is 38.1 Å². The minimum atomic E-state index is -1.63. The summed E-state index contributed by atoms with van der Waals surface area (Å²) in [6, 6.07) is 8.39. The van der Waals surface area contributed by atoms with Crippen LogP contribution in [0.3, 0.4) is 0 Å². The SMILES string of the molecule is CC(=O)OC[C@]12[C@H](O)[C@H](OC(C)=O)C[C@@H](C)[C@@]13OC(C)(C)[C@@H](C[C@H]2OC(=O)c1ccccc1)[C@H]3OC(C)=O. The Kier molecular flexibility index (Phi) is 7.35. The van der Waals surface area contributed by atoms with Crippen molar-refractivity contribution in [1.82, 2.24) is 0 Å². The van der Waals surface area contributed by atoms with Crippen molar-refractivity contribution in [3.63, 3.8) is 0 Å². The van der Waals surface area contributed by atoms with Crippen LogP contribution in [0, 0.1) is 17.3 Å². The number of rotatable bonds is 6. The van der Waals surface area contributed by atoms with Crippen molar-refractivity contribution in [3.05, 3.63) is 35.9 Å². The Balaban J connectivity index is 1.93. The van der Waals surface area contributed by atoms with Gasteiger partial charge in [-0.1, -0.05) is 25.1 Å². The summed E-state index contributed by atoms with van der Waals surface area (Å²) in [4.78, 5) is 49.8. The monoisotopic (exact) mass is 532 g/mol. The summed E-state index contributed by atoms with van der Waals surface area (Å²) in [6.45, 7) is 8.91. The third-order valence-electron chi connectivity index (χ3n) is 8.46. The highest BCUT2D eigenvalue weighted by atomic mass is 16.6. The minimum absolute atomic E-state index is 0.142. The molecule has 3 fully saturated rings. The number of hydrogen-bond acceptors (Lipinski definition) is 10. The topological polar surface area (TPSA) is 135 Å². The number of aliphatic hydroxyl groups is 1. The molecule has 0 radical (unpaired) electrons. The normalized spacial score (nSPS) is 36.9. The van der Waals surface area contributed by atoms with E-state index in [0.29, 0.717) is 5.56 Å². The Bertz CT molecular complexity index is 1100. The quantitative estimate of drug-likeness (QED) is 0.430. The van der Waals surface area contributed by atoms with Gasteiger partial charge in [0.25, 0.3) is 0 Å². The summed E-state index contributed by atoms with van der Waals surface area (Å²) in [5, 5.41) is 12.0. The molecule has 1 aromatic carbocycles. The van der Waals surface area contributed by atoms with Crippen LogP contribution in [0.25, 0.3) is 0 Å². The number of carbonyl (C=O) groups excluding carboxylic acids is 4. The van der Waals surface area contributed by atoms with Gasteiger partial charge in [0.1, 0.15) is 42.0 Å². The molecule has 1 N–H and O–H groups in total. The minimum Gasteiger partial charge on any atom is -0.465 e. The van der Waals surface area contributed by atoms with E-state index in [1.54, 1.807) is 30.3 Å². The maximum atomic E-state index is 13.3. The van der Waals surface area contributed by atoms with Crippen molar-refractivity contribution in [2.75, 3.05) is 6.61 Å². The number of ether oxygens (including phenoxy) is 5. The zero-order valence-electron chi connectivity index (χ0n) is 22.6. The number of carbonyl (C=O) groups is 4. The molecule has 38 heavy (non-hydrogen) atoms. The van der Waals surface area contributed by atoms with Gasteiger partial charge in [-0.25, -0.2) is 4.79 Å². The van der Waals surface area contributed by atoms with Gasteiger partial charge in [0.2, 0.25) is 0 Å². The average Bonchev–Trinajstić information content (AvgIpc) is 2.99. The van der Waals surface area contributed by atoms with Gasteiger partial charge in [-0.15, -0.1) is 0 Å². The number of esters is 4. The zero-order valence-corrected chi connectivity index (χ0v) is 22.6. The highest BCUT2D eigenvalue weighted by molar-refractivity contribution is 5.89. The third kappa shape index (κ3) is 4.37. The summed E-state index contributed by atoms with van der Waals surface area (Å²) >= 11 is 0. The molecule has 1 saturated heterocycles. The molecule has 8 atom stereocenters. The Morgan fingerprint density at radius 2 is 1.58 bits per heavy atom. The second-order valence-corrected chi connectivity index (χ2v) is 11.2. The van der Waals surface area contributed by atoms with Crippen LogP contribution in [0.15, 0.2) is 30.3 Å². The molecule has 2 aliphatic carbocycles. The molecule has 10 nitrogen and oxygen atoms in total. The molecule has 4 rings (SSSR count). The Morgan fingerprint density at radius 3 is 2.16 bits per heavy atom. The van der Waals surface area contributed by atoms with Gasteiger partial charge in [0.05, 0.1) is 11.2 Å². The summed E-state index contributed by atoms with van der Waals surface area (Å²) < 4.78 is 29.9. The lowest BCUT2D eigenvalue weighted by Gasteiger charge is -2.63. The van der Waals surface area contributed by atoms with Crippen molar-refractivity contribution in [1.29, 1.82) is 0 Å². The first-order valence-corrected chi connectivity index (χ1v) is 12.9. The lowest BCUT2D eigenvalue weighted by atomic mass is 9.48. The van der Waals surface area contributed by atoms with E-state index >= 15 is 0 Å². The molecular weight excluding hydrogens is 496 g/mol. The fourth-order valence-corrected chi connectivity index (χ4v) is 7.05. The Labute approximate surface area is 221 Å². The van der Waals surface area contributed by atoms with Crippen LogP contribution in [-0.4, -0.2) is 71.2 Å². The molecule has 0 aromatic heterocycles. The van der Waals surface area contributed by atoms with Gasteiger partial charge in [-0.2, -0.15) is 0 Å². The van der Waals surface area contributed by atoms with E-state index in [1.165, 1.54) is 20.8 Å². The molecule has 2 bridgehead atoms. The molecule has 3 aliphatic rings. The van der Waals surface area contributed by atoms with E-state index in [9.17, 15) is 24.3 Å². The molecule has 2 saturated carbocycles. The fraction of sp³-hybridized carbons (Fsp3) is 0.643. The second-order valence-electron chi connectivity index (χ2n) is 11.2. The predicted octanol–water partition coefficient (Wildman–Crippen LogP) is 2.59. The van der Waals surface area contributed by atoms with Crippen molar-refractivity contribution in [2.45, 2.75) is 90.0 Å². The van der Waals surface area contributed by atoms with Crippen molar-refractivity contribution in [3.8, 4) is 0 Å². The maximum absolute atomic E-state index is 13.3. The first-order valence-electron chi connectivity index (χ1n) is 12.9. The largest absolute Gasteiger partial charge is 0.465 e. The first kappa shape index (κ1) is 28.0. The van der Waals surface area contributed by atoms with Crippen molar-refractivity contribution < 1.29 is 48.0 Å². The van der Waals surface area contributed by atoms with E-state index in [1.807, 2.05) is 20.8 Å². The summed E-state index contributed by atoms with van der Waals surface area (Å²) in [5.41, 5.74) is -3.63. The Hall–Kier alpha value is -2.98. The molecular formula is C28H36O10. The van der Waals surface area contributed by atoms with Crippen molar-refractivity contribution >= 4 is 23.9 Å². The van der Waals surface area contributed by atoms with Gasteiger partial charge < -0.3 is 28.8 Å². The van der Waals surface area contributed by atoms with E-state index < -0.39 is 83.4 Å². The number of benzene rings is 1. The van der Waals surface area contributed by atoms with E-state index in [0.717, 1.165) is 0 Å². The van der Waals surface area contributed by atoms with E-state index in [4.69, 9.17) is 23.7 Å². The van der Waals surface area contributed by atoms with E-state index in [-0.39, 0.29) is 12.8 Å². The molecule has 0 unspecified atom stereocenters. The Morgan fingerprint density at radius 1 is 0.947 bits per heavy atom. The van der Waals surface area contributed by atoms with Gasteiger partial charge in [-0.3, -0.25) is 14.4 Å². The fourth-order valence-electron chi connectivity index (χ4n) is 7.05. The standard InChI is InChI=1S/C28H36O10/c1-15-12-21(35-17(3)30)23(32)27(14-34-16(2)29)22(37-25(33)19-10-8-7-9-11-19)13-20-24(36-18(4)31)28(15,27)38-26(20,5)6/h7-11,15,20-24,32H,12-14H2,1-6H3/t15-,20+,21-,22-,23-,24-,27+,28+/m1/s1. The molecule has 0 amide bonds. The van der Waals surface area contributed by atoms with Crippen molar-refractivity contribution in [2.24, 2.45) is 17.3 Å². The van der Waals surface area contributed by atoms with Crippen LogP contribution in [0.1, 0.15) is 64.7 Å². The third-order valence-corrected chi connectivity index (χ3v) is 8.46. The number of hydrogen-bond donors (Lipinski definition) is 1. The molecule has 1 spiro atoms. The zero-order chi connectivity index (χ0) is 28.0. The molecule has 1 aromatic rings. The molecule has 1 heterocycles. The number of aliphatic hydroxyl groups excluding tert-OH is 1. The van der Waals surface area contributed by atoms with E-state index in [2.05, 4.69) is 0 Å². The van der Waals surface area contributed by atoms with Crippen LogP contribution in [0.2, 0.25) is 0 Å². The van der Waals surface area contributed by atoms with Crippen LogP contribution in [0.5, 0.6) is 0 Å². The summed E-state index contributed by atoms with van der Waals surface area (Å²) in [6.07, 6.45) is -4.05. The van der Waals surface area contributed by atoms with Crippen LogP contribution >= 0.6 is 0 Å². The molecule has 10 heteroatoms. The van der Waals surface area contributed by atoms with Gasteiger partial charge >= 0.3 is 23.9 Å². The van der Waals surface area contributed by atoms with Crippen LogP contribution < -0.4 is 0 Å². The average molecular weight is 533 g/mol. The van der Waals surface area contributed by atoms with Gasteiger partial charge in [0, 0.05) is 26.7 Å². The smallest absolute Gasteiger partial charge is 0.338 e. The van der Waals surface area contributed by atoms with Gasteiger partial charge in [0.15, 0.2) is 0 Å². The van der Waals surface area contributed by atoms with Gasteiger partial charge in [-0.05, 0) is 44.7 Å². The lowest BCUT2D eigenvalue weighted by molar-refractivity contribution is -0.317. The highest BCUT2D eigenvalue weighted by Gasteiger charge is 2.81. The predicted molar refractivity (Wildman–Crippen MR) is 132 cm³/mol. The summed E-state index contributed by atoms with van der Waals surface area (Å²) in [7, 11) is 0. The first-order chi connectivity index (χ1) is 17.8. The lowest BCUT2D eigenvalue weighted by Crippen LogP contribution is -2.78. The highest BCUT2D eigenvalue weighted by Crippen LogP contribution is 2.67. The second kappa shape index (κ2) is 9.96. The summed E-state index contributed by atoms with van der Waals surface area (Å²) in [5.74, 6) is -3.28. The number of fused-ring (bicyclic) bond motifs is 1. The molecule has 208 valence electrons.